The summed E-state index contributed by atoms with van der Waals surface area (Å²) >= 11 is 0. The molecule has 1 N–H and O–H groups in total. The van der Waals surface area contributed by atoms with E-state index in [0.29, 0.717) is 0 Å². The van der Waals surface area contributed by atoms with Gasteiger partial charge in [-0.15, -0.1) is 0 Å². The lowest BCUT2D eigenvalue weighted by Crippen LogP contribution is -2.05. The van der Waals surface area contributed by atoms with Crippen LogP contribution in [0, 0.1) is 5.82 Å². The van der Waals surface area contributed by atoms with Gasteiger partial charge in [-0.3, -0.25) is 0 Å². The van der Waals surface area contributed by atoms with Gasteiger partial charge in [0.2, 0.25) is 0 Å². The van der Waals surface area contributed by atoms with E-state index in [2.05, 4.69) is 9.47 Å². The number of hydrogen-bond acceptors (Lipinski definition) is 4. The third-order valence-corrected chi connectivity index (χ3v) is 1.64. The zero-order chi connectivity index (χ0) is 10.7. The Kier molecular flexibility index (Phi) is 2.91. The predicted octanol–water partition coefficient (Wildman–Crippen LogP) is 1.33. The lowest BCUT2D eigenvalue weighted by molar-refractivity contribution is 0.0595. The molecule has 4 nitrogen and oxygen atoms in total. The van der Waals surface area contributed by atoms with Crippen LogP contribution in [0.15, 0.2) is 12.1 Å². The zero-order valence-corrected chi connectivity index (χ0v) is 7.70. The SMILES string of the molecule is COC(=O)c1cc(O)cc(F)c1OC. The Morgan fingerprint density at radius 3 is 2.57 bits per heavy atom. The molecule has 0 amide bonds. The molecule has 0 saturated carbocycles. The molecule has 0 fully saturated rings. The standard InChI is InChI=1S/C9H9FO4/c1-13-8-6(9(12)14-2)3-5(11)4-7(8)10/h3-4,11H,1-2H3. The van der Waals surface area contributed by atoms with E-state index in [9.17, 15) is 9.18 Å². The predicted molar refractivity (Wildman–Crippen MR) is 46.0 cm³/mol. The maximum absolute atomic E-state index is 13.1. The van der Waals surface area contributed by atoms with Gasteiger partial charge in [0.15, 0.2) is 11.6 Å². The van der Waals surface area contributed by atoms with Crippen LogP contribution in [-0.2, 0) is 4.74 Å². The smallest absolute Gasteiger partial charge is 0.341 e. The van der Waals surface area contributed by atoms with Crippen molar-refractivity contribution in [2.24, 2.45) is 0 Å². The molecule has 0 heterocycles. The number of carbonyl (C=O) groups is 1. The van der Waals surface area contributed by atoms with Crippen LogP contribution in [0.4, 0.5) is 4.39 Å². The molecule has 0 saturated heterocycles. The Balaban J connectivity index is 3.32. The second kappa shape index (κ2) is 3.95. The summed E-state index contributed by atoms with van der Waals surface area (Å²) in [5, 5.41) is 9.05. The molecule has 0 aliphatic heterocycles. The van der Waals surface area contributed by atoms with Crippen molar-refractivity contribution >= 4 is 5.97 Å². The topological polar surface area (TPSA) is 55.8 Å². The number of phenols is 1. The number of esters is 1. The van der Waals surface area contributed by atoms with Gasteiger partial charge in [0.05, 0.1) is 14.2 Å². The van der Waals surface area contributed by atoms with Crippen molar-refractivity contribution in [3.63, 3.8) is 0 Å². The van der Waals surface area contributed by atoms with Gasteiger partial charge < -0.3 is 14.6 Å². The molecule has 76 valence electrons. The van der Waals surface area contributed by atoms with Crippen molar-refractivity contribution in [2.75, 3.05) is 14.2 Å². The average molecular weight is 200 g/mol. The van der Waals surface area contributed by atoms with Crippen LogP contribution < -0.4 is 4.74 Å². The number of benzene rings is 1. The first-order chi connectivity index (χ1) is 6.60. The molecular weight excluding hydrogens is 191 g/mol. The molecule has 0 atom stereocenters. The third-order valence-electron chi connectivity index (χ3n) is 1.64. The first-order valence-corrected chi connectivity index (χ1v) is 3.75. The number of carbonyl (C=O) groups excluding carboxylic acids is 1. The summed E-state index contributed by atoms with van der Waals surface area (Å²) < 4.78 is 22.2. The second-order valence-electron chi connectivity index (χ2n) is 2.50. The fourth-order valence-corrected chi connectivity index (χ4v) is 1.05. The molecule has 1 rings (SSSR count). The van der Waals surface area contributed by atoms with Crippen LogP contribution in [0.25, 0.3) is 0 Å². The molecule has 0 aliphatic rings. The molecule has 1 aromatic carbocycles. The first kappa shape index (κ1) is 10.3. The number of rotatable bonds is 2. The van der Waals surface area contributed by atoms with E-state index in [1.807, 2.05) is 0 Å². The van der Waals surface area contributed by atoms with Gasteiger partial charge in [-0.05, 0) is 6.07 Å². The minimum Gasteiger partial charge on any atom is -0.508 e. The van der Waals surface area contributed by atoms with Gasteiger partial charge in [0.25, 0.3) is 0 Å². The molecule has 0 radical (unpaired) electrons. The lowest BCUT2D eigenvalue weighted by Gasteiger charge is -2.07. The summed E-state index contributed by atoms with van der Waals surface area (Å²) in [7, 11) is 2.38. The van der Waals surface area contributed by atoms with Crippen molar-refractivity contribution in [2.45, 2.75) is 0 Å². The largest absolute Gasteiger partial charge is 0.508 e. The highest BCUT2D eigenvalue weighted by Crippen LogP contribution is 2.27. The molecule has 1 aromatic rings. The summed E-state index contributed by atoms with van der Waals surface area (Å²) in [5.41, 5.74) is -0.146. The molecule has 0 unspecified atom stereocenters. The summed E-state index contributed by atoms with van der Waals surface area (Å²) in [4.78, 5) is 11.1. The summed E-state index contributed by atoms with van der Waals surface area (Å²) in [5.74, 6) is -2.18. The highest BCUT2D eigenvalue weighted by atomic mass is 19.1. The Labute approximate surface area is 79.9 Å². The normalized spacial score (nSPS) is 9.64. The highest BCUT2D eigenvalue weighted by molar-refractivity contribution is 5.93. The van der Waals surface area contributed by atoms with Crippen LogP contribution in [0.5, 0.6) is 11.5 Å². The van der Waals surface area contributed by atoms with Crippen molar-refractivity contribution in [1.82, 2.24) is 0 Å². The average Bonchev–Trinajstić information content (AvgIpc) is 2.15. The van der Waals surface area contributed by atoms with Crippen LogP contribution in [0.1, 0.15) is 10.4 Å². The maximum atomic E-state index is 13.1. The molecular formula is C9H9FO4. The number of phenolic OH excluding ortho intramolecular Hbond substituents is 1. The van der Waals surface area contributed by atoms with Crippen molar-refractivity contribution in [3.8, 4) is 11.5 Å². The monoisotopic (exact) mass is 200 g/mol. The van der Waals surface area contributed by atoms with Gasteiger partial charge in [0, 0.05) is 6.07 Å². The van der Waals surface area contributed by atoms with Crippen LogP contribution in [0.2, 0.25) is 0 Å². The number of methoxy groups -OCH3 is 2. The zero-order valence-electron chi connectivity index (χ0n) is 7.70. The molecule has 0 spiro atoms. The maximum Gasteiger partial charge on any atom is 0.341 e. The van der Waals surface area contributed by atoms with Crippen LogP contribution >= 0.6 is 0 Å². The van der Waals surface area contributed by atoms with Gasteiger partial charge in [-0.2, -0.15) is 0 Å². The van der Waals surface area contributed by atoms with Crippen LogP contribution in [0.3, 0.4) is 0 Å². The van der Waals surface area contributed by atoms with Crippen molar-refractivity contribution in [3.05, 3.63) is 23.5 Å². The van der Waals surface area contributed by atoms with Gasteiger partial charge in [-0.25, -0.2) is 9.18 Å². The molecule has 0 aromatic heterocycles. The Hall–Kier alpha value is -1.78. The summed E-state index contributed by atoms with van der Waals surface area (Å²) in [6, 6.07) is 1.93. The minimum absolute atomic E-state index is 0.146. The van der Waals surface area contributed by atoms with E-state index >= 15 is 0 Å². The Bertz CT molecular complexity index is 362. The number of aromatic hydroxyl groups is 1. The molecule has 0 bridgehead atoms. The Morgan fingerprint density at radius 1 is 1.43 bits per heavy atom. The van der Waals surface area contributed by atoms with E-state index < -0.39 is 11.8 Å². The van der Waals surface area contributed by atoms with Crippen molar-refractivity contribution < 1.29 is 23.8 Å². The van der Waals surface area contributed by atoms with E-state index in [0.717, 1.165) is 19.2 Å². The molecule has 5 heteroatoms. The summed E-state index contributed by atoms with van der Waals surface area (Å²) in [6.07, 6.45) is 0. The van der Waals surface area contributed by atoms with Gasteiger partial charge in [-0.1, -0.05) is 0 Å². The highest BCUT2D eigenvalue weighted by Gasteiger charge is 2.18. The third kappa shape index (κ3) is 1.76. The minimum atomic E-state index is -0.812. The quantitative estimate of drug-likeness (QED) is 0.731. The fourth-order valence-electron chi connectivity index (χ4n) is 1.05. The number of hydrogen-bond donors (Lipinski definition) is 1. The van der Waals surface area contributed by atoms with E-state index in [-0.39, 0.29) is 17.1 Å². The molecule has 0 aliphatic carbocycles. The van der Waals surface area contributed by atoms with E-state index in [4.69, 9.17) is 5.11 Å². The molecule has 14 heavy (non-hydrogen) atoms. The van der Waals surface area contributed by atoms with Gasteiger partial charge >= 0.3 is 5.97 Å². The van der Waals surface area contributed by atoms with E-state index in [1.165, 1.54) is 7.11 Å². The van der Waals surface area contributed by atoms with Crippen LogP contribution in [-0.4, -0.2) is 25.3 Å². The van der Waals surface area contributed by atoms with Crippen molar-refractivity contribution in [1.29, 1.82) is 0 Å². The number of halogens is 1. The summed E-state index contributed by atoms with van der Waals surface area (Å²) in [6.45, 7) is 0. The van der Waals surface area contributed by atoms with Gasteiger partial charge in [0.1, 0.15) is 11.3 Å². The van der Waals surface area contributed by atoms with E-state index in [1.54, 1.807) is 0 Å². The number of ether oxygens (including phenoxy) is 2. The first-order valence-electron chi connectivity index (χ1n) is 3.75. The Morgan fingerprint density at radius 2 is 2.07 bits per heavy atom. The second-order valence-corrected chi connectivity index (χ2v) is 2.50. The lowest BCUT2D eigenvalue weighted by atomic mass is 10.2. The fraction of sp³-hybridized carbons (Fsp3) is 0.222.